The number of nitrogens with zero attached hydrogens (tertiary/aromatic N) is 1. The highest BCUT2D eigenvalue weighted by Crippen LogP contribution is 2.22. The maximum absolute atomic E-state index is 12.5. The minimum Gasteiger partial charge on any atom is -0.393 e. The van der Waals surface area contributed by atoms with Crippen LogP contribution in [0.3, 0.4) is 0 Å². The average Bonchev–Trinajstić information content (AvgIpc) is 2.95. The molecule has 0 radical (unpaired) electrons. The van der Waals surface area contributed by atoms with Crippen LogP contribution in [0.25, 0.3) is 0 Å². The standard InChI is InChI=1S/C17H21N5O5/c1-10(23)27-14(24)6-8-20-17(26)21-13-7-9-22(16(13)25)12-4-2-11(3-5-12)15(18)19/h2-5,13H,6-9H2,1H3,(H3,18,19)(H2,20,21,26)/t13-/m0/s1. The number of esters is 2. The van der Waals surface area contributed by atoms with Gasteiger partial charge in [-0.15, -0.1) is 0 Å². The van der Waals surface area contributed by atoms with Crippen LogP contribution in [0.5, 0.6) is 0 Å². The fourth-order valence-corrected chi connectivity index (χ4v) is 2.59. The summed E-state index contributed by atoms with van der Waals surface area (Å²) in [5.41, 5.74) is 6.62. The topological polar surface area (TPSA) is 155 Å². The van der Waals surface area contributed by atoms with Gasteiger partial charge in [-0.2, -0.15) is 0 Å². The lowest BCUT2D eigenvalue weighted by molar-refractivity contribution is -0.157. The number of amides is 3. The van der Waals surface area contributed by atoms with Gasteiger partial charge >= 0.3 is 18.0 Å². The number of nitrogens with two attached hydrogens (primary N) is 1. The fraction of sp³-hybridized carbons (Fsp3) is 0.353. The summed E-state index contributed by atoms with van der Waals surface area (Å²) in [4.78, 5) is 47.7. The van der Waals surface area contributed by atoms with Crippen molar-refractivity contribution < 1.29 is 23.9 Å². The molecule has 1 aliphatic rings. The van der Waals surface area contributed by atoms with E-state index in [2.05, 4.69) is 15.4 Å². The van der Waals surface area contributed by atoms with Crippen molar-refractivity contribution in [3.05, 3.63) is 29.8 Å². The Kier molecular flexibility index (Phi) is 6.47. The molecule has 1 aromatic carbocycles. The SMILES string of the molecule is CC(=O)OC(=O)CCNC(=O)N[C@H]1CCN(c2ccc(C(=N)N)cc2)C1=O. The van der Waals surface area contributed by atoms with E-state index in [1.54, 1.807) is 29.2 Å². The van der Waals surface area contributed by atoms with Crippen molar-refractivity contribution in [3.63, 3.8) is 0 Å². The van der Waals surface area contributed by atoms with Crippen molar-refractivity contribution >= 4 is 35.4 Å². The van der Waals surface area contributed by atoms with Gasteiger partial charge in [0.2, 0.25) is 5.91 Å². The Labute approximate surface area is 155 Å². The van der Waals surface area contributed by atoms with Crippen LogP contribution >= 0.6 is 0 Å². The van der Waals surface area contributed by atoms with Crippen molar-refractivity contribution in [2.45, 2.75) is 25.8 Å². The van der Waals surface area contributed by atoms with Crippen molar-refractivity contribution in [3.8, 4) is 0 Å². The van der Waals surface area contributed by atoms with Gasteiger partial charge in [-0.05, 0) is 30.7 Å². The molecule has 1 saturated heterocycles. The van der Waals surface area contributed by atoms with E-state index in [1.165, 1.54) is 0 Å². The molecule has 0 unspecified atom stereocenters. The van der Waals surface area contributed by atoms with E-state index in [4.69, 9.17) is 11.1 Å². The minimum atomic E-state index is -0.736. The molecule has 1 atom stereocenters. The summed E-state index contributed by atoms with van der Waals surface area (Å²) in [6.07, 6.45) is 0.285. The number of anilines is 1. The van der Waals surface area contributed by atoms with Crippen LogP contribution in [0.15, 0.2) is 24.3 Å². The number of rotatable bonds is 6. The van der Waals surface area contributed by atoms with Gasteiger partial charge in [0.15, 0.2) is 0 Å². The van der Waals surface area contributed by atoms with Gasteiger partial charge in [0.25, 0.3) is 0 Å². The number of nitrogens with one attached hydrogen (secondary N) is 3. The lowest BCUT2D eigenvalue weighted by atomic mass is 10.2. The number of amidine groups is 1. The summed E-state index contributed by atoms with van der Waals surface area (Å²) in [6.45, 7) is 1.53. The molecule has 10 heteroatoms. The highest BCUT2D eigenvalue weighted by Gasteiger charge is 2.33. The van der Waals surface area contributed by atoms with Crippen LogP contribution < -0.4 is 21.3 Å². The molecular formula is C17H21N5O5. The van der Waals surface area contributed by atoms with E-state index in [9.17, 15) is 19.2 Å². The predicted molar refractivity (Wildman–Crippen MR) is 96.1 cm³/mol. The summed E-state index contributed by atoms with van der Waals surface area (Å²) in [5.74, 6) is -1.76. The molecule has 1 heterocycles. The molecule has 1 aliphatic heterocycles. The third-order valence-corrected chi connectivity index (χ3v) is 3.87. The molecule has 0 aromatic heterocycles. The predicted octanol–water partition coefficient (Wildman–Crippen LogP) is -0.145. The lowest BCUT2D eigenvalue weighted by Gasteiger charge is -2.17. The van der Waals surface area contributed by atoms with Gasteiger partial charge in [0.1, 0.15) is 11.9 Å². The first-order valence-electron chi connectivity index (χ1n) is 8.29. The number of nitrogen functional groups attached to an aromatic ring is 1. The Hall–Kier alpha value is -3.43. The first-order chi connectivity index (χ1) is 12.8. The van der Waals surface area contributed by atoms with Gasteiger partial charge in [-0.3, -0.25) is 19.8 Å². The summed E-state index contributed by atoms with van der Waals surface area (Å²) in [6, 6.07) is 5.42. The largest absolute Gasteiger partial charge is 0.393 e. The minimum absolute atomic E-state index is 0.0188. The van der Waals surface area contributed by atoms with Gasteiger partial charge in [0, 0.05) is 31.3 Å². The van der Waals surface area contributed by atoms with E-state index in [1.807, 2.05) is 0 Å². The smallest absolute Gasteiger partial charge is 0.315 e. The molecule has 1 aromatic rings. The molecule has 0 saturated carbocycles. The highest BCUT2D eigenvalue weighted by atomic mass is 16.6. The van der Waals surface area contributed by atoms with Crippen LogP contribution in [0, 0.1) is 5.41 Å². The maximum atomic E-state index is 12.5. The normalized spacial score (nSPS) is 16.0. The molecule has 1 fully saturated rings. The Bertz CT molecular complexity index is 761. The molecule has 3 amide bonds. The van der Waals surface area contributed by atoms with Crippen LogP contribution in [0.1, 0.15) is 25.3 Å². The van der Waals surface area contributed by atoms with Crippen molar-refractivity contribution in [1.82, 2.24) is 10.6 Å². The van der Waals surface area contributed by atoms with Crippen LogP contribution in [0.2, 0.25) is 0 Å². The average molecular weight is 375 g/mol. The number of urea groups is 1. The molecule has 0 aliphatic carbocycles. The number of hydrogen-bond donors (Lipinski definition) is 4. The summed E-state index contributed by atoms with van der Waals surface area (Å²) >= 11 is 0. The van der Waals surface area contributed by atoms with E-state index in [0.717, 1.165) is 6.92 Å². The van der Waals surface area contributed by atoms with Crippen LogP contribution in [-0.2, 0) is 19.1 Å². The fourth-order valence-electron chi connectivity index (χ4n) is 2.59. The maximum Gasteiger partial charge on any atom is 0.315 e. The van der Waals surface area contributed by atoms with Gasteiger partial charge < -0.3 is 26.0 Å². The molecule has 27 heavy (non-hydrogen) atoms. The van der Waals surface area contributed by atoms with E-state index >= 15 is 0 Å². The monoisotopic (exact) mass is 375 g/mol. The summed E-state index contributed by atoms with van der Waals surface area (Å²) in [7, 11) is 0. The third-order valence-electron chi connectivity index (χ3n) is 3.87. The second-order valence-corrected chi connectivity index (χ2v) is 5.91. The Morgan fingerprint density at radius 1 is 1.30 bits per heavy atom. The van der Waals surface area contributed by atoms with Gasteiger partial charge in [0.05, 0.1) is 6.42 Å². The number of ether oxygens (including phenoxy) is 1. The molecule has 10 nitrogen and oxygen atoms in total. The van der Waals surface area contributed by atoms with Crippen molar-refractivity contribution in [2.75, 3.05) is 18.0 Å². The molecule has 5 N–H and O–H groups in total. The Balaban J connectivity index is 1.82. The van der Waals surface area contributed by atoms with E-state index in [0.29, 0.717) is 24.2 Å². The van der Waals surface area contributed by atoms with E-state index < -0.39 is 24.0 Å². The molecular weight excluding hydrogens is 354 g/mol. The Morgan fingerprint density at radius 2 is 1.96 bits per heavy atom. The van der Waals surface area contributed by atoms with E-state index in [-0.39, 0.29) is 24.7 Å². The van der Waals surface area contributed by atoms with Crippen molar-refractivity contribution in [1.29, 1.82) is 5.41 Å². The zero-order valence-electron chi connectivity index (χ0n) is 14.8. The number of benzene rings is 1. The molecule has 144 valence electrons. The second kappa shape index (κ2) is 8.79. The zero-order chi connectivity index (χ0) is 20.0. The van der Waals surface area contributed by atoms with Crippen LogP contribution in [0.4, 0.5) is 10.5 Å². The third kappa shape index (κ3) is 5.53. The number of carbonyl (C=O) groups is 4. The summed E-state index contributed by atoms with van der Waals surface area (Å²) in [5, 5.41) is 12.4. The first-order valence-corrected chi connectivity index (χ1v) is 8.29. The highest BCUT2D eigenvalue weighted by molar-refractivity contribution is 6.02. The Morgan fingerprint density at radius 3 is 2.56 bits per heavy atom. The van der Waals surface area contributed by atoms with Gasteiger partial charge in [-0.1, -0.05) is 0 Å². The molecule has 0 bridgehead atoms. The van der Waals surface area contributed by atoms with Gasteiger partial charge in [-0.25, -0.2) is 4.79 Å². The molecule has 0 spiro atoms. The second-order valence-electron chi connectivity index (χ2n) is 5.91. The summed E-state index contributed by atoms with van der Waals surface area (Å²) < 4.78 is 4.34. The van der Waals surface area contributed by atoms with Crippen LogP contribution in [-0.4, -0.2) is 48.8 Å². The zero-order valence-corrected chi connectivity index (χ0v) is 14.8. The lowest BCUT2D eigenvalue weighted by Crippen LogP contribution is -2.46. The number of hydrogen-bond acceptors (Lipinski definition) is 6. The molecule has 2 rings (SSSR count). The number of carbonyl (C=O) groups excluding carboxylic acids is 4. The first kappa shape index (κ1) is 19.9. The van der Waals surface area contributed by atoms with Crippen molar-refractivity contribution in [2.24, 2.45) is 5.73 Å². The quantitative estimate of drug-likeness (QED) is 0.235.